The van der Waals surface area contributed by atoms with E-state index >= 15 is 0 Å². The molecule has 94 valence electrons. The van der Waals surface area contributed by atoms with Crippen molar-refractivity contribution < 1.29 is 5.11 Å². The van der Waals surface area contributed by atoms with Gasteiger partial charge in [0.15, 0.2) is 0 Å². The van der Waals surface area contributed by atoms with Gasteiger partial charge < -0.3 is 5.11 Å². The Morgan fingerprint density at radius 3 is 2.39 bits per heavy atom. The highest BCUT2D eigenvalue weighted by Gasteiger charge is 2.11. The lowest BCUT2D eigenvalue weighted by Gasteiger charge is -2.14. The van der Waals surface area contributed by atoms with Gasteiger partial charge in [0, 0.05) is 18.3 Å². The van der Waals surface area contributed by atoms with Crippen molar-refractivity contribution in [1.82, 2.24) is 4.98 Å². The first-order valence-corrected chi connectivity index (χ1v) is 6.23. The Balaban J connectivity index is 2.16. The molecule has 1 atom stereocenters. The van der Waals surface area contributed by atoms with Crippen LogP contribution in [0.5, 0.6) is 0 Å². The summed E-state index contributed by atoms with van der Waals surface area (Å²) in [7, 11) is 0. The zero-order valence-corrected chi connectivity index (χ0v) is 11.1. The first kappa shape index (κ1) is 12.8. The van der Waals surface area contributed by atoms with Crippen molar-refractivity contribution in [2.75, 3.05) is 0 Å². The van der Waals surface area contributed by atoms with Crippen LogP contribution in [0.1, 0.15) is 34.1 Å². The van der Waals surface area contributed by atoms with Crippen molar-refractivity contribution in [2.24, 2.45) is 0 Å². The van der Waals surface area contributed by atoms with E-state index in [0.717, 1.165) is 22.4 Å². The lowest BCUT2D eigenvalue weighted by Crippen LogP contribution is -2.05. The number of benzene rings is 1. The molecule has 1 aromatic heterocycles. The molecule has 1 unspecified atom stereocenters. The van der Waals surface area contributed by atoms with E-state index in [9.17, 15) is 5.11 Å². The molecule has 0 spiro atoms. The van der Waals surface area contributed by atoms with Crippen molar-refractivity contribution in [2.45, 2.75) is 33.3 Å². The van der Waals surface area contributed by atoms with Crippen molar-refractivity contribution >= 4 is 0 Å². The number of aryl methyl sites for hydroxylation is 3. The lowest BCUT2D eigenvalue weighted by atomic mass is 9.98. The van der Waals surface area contributed by atoms with Crippen molar-refractivity contribution in [3.05, 3.63) is 64.5 Å². The molecule has 0 aliphatic heterocycles. The molecular weight excluding hydrogens is 222 g/mol. The summed E-state index contributed by atoms with van der Waals surface area (Å²) < 4.78 is 0. The molecule has 18 heavy (non-hydrogen) atoms. The normalized spacial score (nSPS) is 12.4. The fourth-order valence-corrected chi connectivity index (χ4v) is 2.13. The topological polar surface area (TPSA) is 33.1 Å². The first-order chi connectivity index (χ1) is 8.56. The van der Waals surface area contributed by atoms with Crippen LogP contribution in [-0.4, -0.2) is 10.1 Å². The molecule has 2 aromatic rings. The van der Waals surface area contributed by atoms with E-state index in [2.05, 4.69) is 18.0 Å². The Labute approximate surface area is 108 Å². The summed E-state index contributed by atoms with van der Waals surface area (Å²) in [6.07, 6.45) is 1.91. The molecule has 1 heterocycles. The predicted molar refractivity (Wildman–Crippen MR) is 73.6 cm³/mol. The molecule has 2 heteroatoms. The Kier molecular flexibility index (Phi) is 3.78. The van der Waals surface area contributed by atoms with Crippen LogP contribution in [0, 0.1) is 20.8 Å². The average molecular weight is 241 g/mol. The van der Waals surface area contributed by atoms with Crippen LogP contribution in [0.3, 0.4) is 0 Å². The Bertz CT molecular complexity index is 531. The van der Waals surface area contributed by atoms with Gasteiger partial charge in [0.2, 0.25) is 0 Å². The zero-order chi connectivity index (χ0) is 13.1. The van der Waals surface area contributed by atoms with Gasteiger partial charge in [-0.25, -0.2) is 0 Å². The maximum Gasteiger partial charge on any atom is 0.0848 e. The second-order valence-electron chi connectivity index (χ2n) is 4.91. The van der Waals surface area contributed by atoms with Crippen LogP contribution >= 0.6 is 0 Å². The van der Waals surface area contributed by atoms with E-state index in [0.29, 0.717) is 6.42 Å². The molecule has 0 amide bonds. The summed E-state index contributed by atoms with van der Waals surface area (Å²) in [6, 6.07) is 10.1. The Hall–Kier alpha value is -1.67. The quantitative estimate of drug-likeness (QED) is 0.894. The van der Waals surface area contributed by atoms with Crippen molar-refractivity contribution in [3.63, 3.8) is 0 Å². The summed E-state index contributed by atoms with van der Waals surface area (Å²) in [5, 5.41) is 10.3. The molecule has 0 aliphatic carbocycles. The molecule has 0 bridgehead atoms. The van der Waals surface area contributed by atoms with Crippen LogP contribution in [0.25, 0.3) is 0 Å². The minimum Gasteiger partial charge on any atom is -0.388 e. The molecule has 0 aliphatic rings. The number of aromatic nitrogens is 1. The molecule has 0 saturated heterocycles. The van der Waals surface area contributed by atoms with E-state index < -0.39 is 6.10 Å². The average Bonchev–Trinajstić information content (AvgIpc) is 2.32. The number of hydrogen-bond donors (Lipinski definition) is 1. The molecule has 1 N–H and O–H groups in total. The van der Waals surface area contributed by atoms with Gasteiger partial charge in [0.1, 0.15) is 0 Å². The third kappa shape index (κ3) is 2.96. The molecule has 2 nitrogen and oxygen atoms in total. The maximum atomic E-state index is 10.3. The Morgan fingerprint density at radius 1 is 1.06 bits per heavy atom. The van der Waals surface area contributed by atoms with E-state index in [1.54, 1.807) is 0 Å². The summed E-state index contributed by atoms with van der Waals surface area (Å²) >= 11 is 0. The largest absolute Gasteiger partial charge is 0.388 e. The standard InChI is InChI=1S/C16H19NO/c1-11-5-7-15(13(3)8-11)16(18)9-14-6-4-12(2)10-17-14/h4-8,10,16,18H,9H2,1-3H3. The van der Waals surface area contributed by atoms with Crippen molar-refractivity contribution in [1.29, 1.82) is 0 Å². The molecule has 0 saturated carbocycles. The number of aliphatic hydroxyl groups excluding tert-OH is 1. The van der Waals surface area contributed by atoms with Gasteiger partial charge >= 0.3 is 0 Å². The van der Waals surface area contributed by atoms with Crippen LogP contribution < -0.4 is 0 Å². The monoisotopic (exact) mass is 241 g/mol. The summed E-state index contributed by atoms with van der Waals surface area (Å²) in [4.78, 5) is 4.33. The van der Waals surface area contributed by atoms with Gasteiger partial charge in [-0.15, -0.1) is 0 Å². The SMILES string of the molecule is Cc1ccc(CC(O)c2ccc(C)cc2C)nc1. The molecule has 0 fully saturated rings. The fraction of sp³-hybridized carbons (Fsp3) is 0.312. The highest BCUT2D eigenvalue weighted by molar-refractivity contribution is 5.32. The third-order valence-corrected chi connectivity index (χ3v) is 3.16. The van der Waals surface area contributed by atoms with Crippen LogP contribution in [0.15, 0.2) is 36.5 Å². The highest BCUT2D eigenvalue weighted by atomic mass is 16.3. The summed E-state index contributed by atoms with van der Waals surface area (Å²) in [6.45, 7) is 6.11. The van der Waals surface area contributed by atoms with Crippen LogP contribution in [0.4, 0.5) is 0 Å². The van der Waals surface area contributed by atoms with E-state index in [1.165, 1.54) is 5.56 Å². The molecular formula is C16H19NO. The van der Waals surface area contributed by atoms with Crippen molar-refractivity contribution in [3.8, 4) is 0 Å². The minimum absolute atomic E-state index is 0.485. The van der Waals surface area contributed by atoms with E-state index in [-0.39, 0.29) is 0 Å². The van der Waals surface area contributed by atoms with Gasteiger partial charge in [0.25, 0.3) is 0 Å². The smallest absolute Gasteiger partial charge is 0.0848 e. The third-order valence-electron chi connectivity index (χ3n) is 3.16. The van der Waals surface area contributed by atoms with E-state index in [4.69, 9.17) is 0 Å². The molecule has 2 rings (SSSR count). The first-order valence-electron chi connectivity index (χ1n) is 6.23. The van der Waals surface area contributed by atoms with Crippen LogP contribution in [-0.2, 0) is 6.42 Å². The summed E-state index contributed by atoms with van der Waals surface area (Å²) in [5.41, 5.74) is 5.40. The lowest BCUT2D eigenvalue weighted by molar-refractivity contribution is 0.176. The predicted octanol–water partition coefficient (Wildman–Crippen LogP) is 3.28. The number of pyridine rings is 1. The number of nitrogens with zero attached hydrogens (tertiary/aromatic N) is 1. The summed E-state index contributed by atoms with van der Waals surface area (Å²) in [5.74, 6) is 0. The number of aliphatic hydroxyl groups is 1. The Morgan fingerprint density at radius 2 is 1.78 bits per heavy atom. The van der Waals surface area contributed by atoms with Crippen LogP contribution in [0.2, 0.25) is 0 Å². The minimum atomic E-state index is -0.485. The highest BCUT2D eigenvalue weighted by Crippen LogP contribution is 2.21. The maximum absolute atomic E-state index is 10.3. The second kappa shape index (κ2) is 5.32. The fourth-order valence-electron chi connectivity index (χ4n) is 2.13. The van der Waals surface area contributed by atoms with Gasteiger partial charge in [-0.3, -0.25) is 4.98 Å². The van der Waals surface area contributed by atoms with E-state index in [1.807, 2.05) is 44.3 Å². The van der Waals surface area contributed by atoms with Gasteiger partial charge in [-0.1, -0.05) is 29.8 Å². The number of hydrogen-bond acceptors (Lipinski definition) is 2. The van der Waals surface area contributed by atoms with Gasteiger partial charge in [0.05, 0.1) is 6.10 Å². The van der Waals surface area contributed by atoms with Gasteiger partial charge in [-0.05, 0) is 43.5 Å². The number of rotatable bonds is 3. The second-order valence-corrected chi connectivity index (χ2v) is 4.91. The molecule has 1 aromatic carbocycles. The van der Waals surface area contributed by atoms with Gasteiger partial charge in [-0.2, -0.15) is 0 Å². The zero-order valence-electron chi connectivity index (χ0n) is 11.1. The molecule has 0 radical (unpaired) electrons.